The molecule has 1 amide bonds. The first kappa shape index (κ1) is 15.1. The van der Waals surface area contributed by atoms with Gasteiger partial charge in [-0.25, -0.2) is 0 Å². The summed E-state index contributed by atoms with van der Waals surface area (Å²) in [5.41, 5.74) is 2.33. The second kappa shape index (κ2) is 6.50. The largest absolute Gasteiger partial charge is 0.382 e. The van der Waals surface area contributed by atoms with Crippen LogP contribution in [-0.2, 0) is 9.63 Å². The van der Waals surface area contributed by atoms with Crippen LogP contribution in [0.2, 0.25) is 5.02 Å². The third kappa shape index (κ3) is 3.48. The van der Waals surface area contributed by atoms with E-state index in [1.165, 1.54) is 0 Å². The Kier molecular flexibility index (Phi) is 4.45. The summed E-state index contributed by atoms with van der Waals surface area (Å²) in [5, 5.41) is 7.36. The van der Waals surface area contributed by atoms with Crippen molar-refractivity contribution in [2.75, 3.05) is 5.32 Å². The maximum Gasteiger partial charge on any atom is 0.268 e. The predicted octanol–water partition coefficient (Wildman–Crippen LogP) is 4.23. The molecule has 2 aromatic rings. The maximum absolute atomic E-state index is 12.2. The summed E-state index contributed by atoms with van der Waals surface area (Å²) in [6.07, 6.45) is -0.198. The number of anilines is 1. The second-order valence-corrected chi connectivity index (χ2v) is 6.20. The van der Waals surface area contributed by atoms with Gasteiger partial charge in [0.1, 0.15) is 0 Å². The molecule has 1 unspecified atom stereocenters. The average Bonchev–Trinajstić information content (AvgIpc) is 2.97. The van der Waals surface area contributed by atoms with Crippen molar-refractivity contribution in [3.63, 3.8) is 0 Å². The number of nitrogens with zero attached hydrogens (tertiary/aromatic N) is 1. The highest BCUT2D eigenvalue weighted by Crippen LogP contribution is 2.21. The van der Waals surface area contributed by atoms with Gasteiger partial charge in [0.2, 0.25) is 6.10 Å². The summed E-state index contributed by atoms with van der Waals surface area (Å²) in [7, 11) is 0. The molecular weight excluding hydrogens is 368 g/mol. The lowest BCUT2D eigenvalue weighted by Crippen LogP contribution is -2.28. The van der Waals surface area contributed by atoms with Gasteiger partial charge in [-0.05, 0) is 30.3 Å². The van der Waals surface area contributed by atoms with E-state index in [2.05, 4.69) is 26.4 Å². The number of halogens is 2. The van der Waals surface area contributed by atoms with E-state index >= 15 is 0 Å². The monoisotopic (exact) mass is 378 g/mol. The zero-order valence-corrected chi connectivity index (χ0v) is 13.8. The van der Waals surface area contributed by atoms with E-state index in [0.717, 1.165) is 15.7 Å². The Morgan fingerprint density at radius 3 is 2.86 bits per heavy atom. The minimum Gasteiger partial charge on any atom is -0.382 e. The zero-order valence-electron chi connectivity index (χ0n) is 11.4. The third-order valence-electron chi connectivity index (χ3n) is 3.21. The first-order valence-corrected chi connectivity index (χ1v) is 7.84. The van der Waals surface area contributed by atoms with Crippen molar-refractivity contribution in [3.05, 3.63) is 63.6 Å². The Bertz CT molecular complexity index is 748. The normalized spacial score (nSPS) is 16.8. The van der Waals surface area contributed by atoms with Gasteiger partial charge in [-0.1, -0.05) is 50.9 Å². The average molecular weight is 380 g/mol. The summed E-state index contributed by atoms with van der Waals surface area (Å²) < 4.78 is 0.958. The van der Waals surface area contributed by atoms with Gasteiger partial charge in [0.25, 0.3) is 5.91 Å². The van der Waals surface area contributed by atoms with Crippen LogP contribution >= 0.6 is 27.5 Å². The Morgan fingerprint density at radius 2 is 2.09 bits per heavy atom. The lowest BCUT2D eigenvalue weighted by molar-refractivity contribution is -0.125. The van der Waals surface area contributed by atoms with Crippen LogP contribution in [0.15, 0.2) is 58.2 Å². The second-order valence-electron chi connectivity index (χ2n) is 4.85. The Hall–Kier alpha value is -1.85. The molecule has 6 heteroatoms. The minimum absolute atomic E-state index is 0.240. The van der Waals surface area contributed by atoms with Crippen LogP contribution in [0, 0.1) is 0 Å². The molecule has 0 aliphatic carbocycles. The fraction of sp³-hybridized carbons (Fsp3) is 0.125. The molecule has 1 aliphatic heterocycles. The van der Waals surface area contributed by atoms with Crippen molar-refractivity contribution in [2.45, 2.75) is 12.5 Å². The first-order chi connectivity index (χ1) is 10.6. The number of carbonyl (C=O) groups is 1. The number of oxime groups is 1. The highest BCUT2D eigenvalue weighted by atomic mass is 79.9. The molecule has 0 saturated carbocycles. The number of benzene rings is 2. The number of hydrogen-bond donors (Lipinski definition) is 1. The summed E-state index contributed by atoms with van der Waals surface area (Å²) in [4.78, 5) is 17.5. The molecule has 0 spiro atoms. The number of amides is 1. The maximum atomic E-state index is 12.2. The van der Waals surface area contributed by atoms with Crippen LogP contribution in [0.25, 0.3) is 0 Å². The van der Waals surface area contributed by atoms with Gasteiger partial charge in [-0.2, -0.15) is 0 Å². The van der Waals surface area contributed by atoms with Crippen molar-refractivity contribution in [2.24, 2.45) is 5.16 Å². The number of hydrogen-bond acceptors (Lipinski definition) is 3. The molecule has 22 heavy (non-hydrogen) atoms. The summed E-state index contributed by atoms with van der Waals surface area (Å²) >= 11 is 9.31. The zero-order chi connectivity index (χ0) is 15.5. The van der Waals surface area contributed by atoms with E-state index in [0.29, 0.717) is 17.1 Å². The first-order valence-electron chi connectivity index (χ1n) is 6.67. The van der Waals surface area contributed by atoms with E-state index in [-0.39, 0.29) is 5.91 Å². The van der Waals surface area contributed by atoms with Crippen molar-refractivity contribution in [1.29, 1.82) is 0 Å². The molecule has 1 aliphatic rings. The molecular formula is C16H12BrClN2O2. The molecule has 1 heterocycles. The van der Waals surface area contributed by atoms with Gasteiger partial charge in [-0.3, -0.25) is 4.79 Å². The van der Waals surface area contributed by atoms with Crippen molar-refractivity contribution >= 4 is 44.8 Å². The quantitative estimate of drug-likeness (QED) is 0.867. The third-order valence-corrected chi connectivity index (χ3v) is 3.94. The van der Waals surface area contributed by atoms with Crippen LogP contribution in [0.1, 0.15) is 12.0 Å². The van der Waals surface area contributed by atoms with Crippen LogP contribution in [0.5, 0.6) is 0 Å². The summed E-state index contributed by atoms with van der Waals surface area (Å²) in [5.74, 6) is -0.240. The van der Waals surface area contributed by atoms with E-state index in [4.69, 9.17) is 16.4 Å². The highest BCUT2D eigenvalue weighted by molar-refractivity contribution is 9.10. The lowest BCUT2D eigenvalue weighted by atomic mass is 10.0. The Labute approximate surface area is 141 Å². The van der Waals surface area contributed by atoms with Gasteiger partial charge in [-0.15, -0.1) is 0 Å². The molecule has 4 nitrogen and oxygen atoms in total. The topological polar surface area (TPSA) is 50.7 Å². The van der Waals surface area contributed by atoms with Crippen LogP contribution in [-0.4, -0.2) is 17.7 Å². The standard InChI is InChI=1S/C16H12BrClN2O2/c17-11-4-1-3-10(7-11)14-9-15(22-20-14)16(21)19-13-6-2-5-12(18)8-13/h1-8,15H,9H2,(H,19,21). The molecule has 0 fully saturated rings. The van der Waals surface area contributed by atoms with Crippen molar-refractivity contribution in [3.8, 4) is 0 Å². The van der Waals surface area contributed by atoms with Gasteiger partial charge in [0, 0.05) is 27.2 Å². The fourth-order valence-corrected chi connectivity index (χ4v) is 2.74. The van der Waals surface area contributed by atoms with Gasteiger partial charge in [0.15, 0.2) is 0 Å². The Morgan fingerprint density at radius 1 is 1.27 bits per heavy atom. The molecule has 0 saturated heterocycles. The van der Waals surface area contributed by atoms with E-state index < -0.39 is 6.10 Å². The molecule has 1 atom stereocenters. The number of rotatable bonds is 3. The summed E-state index contributed by atoms with van der Waals surface area (Å²) in [6.45, 7) is 0. The minimum atomic E-state index is -0.632. The smallest absolute Gasteiger partial charge is 0.268 e. The van der Waals surface area contributed by atoms with Crippen LogP contribution < -0.4 is 5.32 Å². The van der Waals surface area contributed by atoms with Crippen molar-refractivity contribution < 1.29 is 9.63 Å². The highest BCUT2D eigenvalue weighted by Gasteiger charge is 2.29. The fourth-order valence-electron chi connectivity index (χ4n) is 2.15. The number of nitrogens with one attached hydrogen (secondary N) is 1. The molecule has 1 N–H and O–H groups in total. The molecule has 0 radical (unpaired) electrons. The van der Waals surface area contributed by atoms with Crippen molar-refractivity contribution in [1.82, 2.24) is 0 Å². The van der Waals surface area contributed by atoms with E-state index in [1.54, 1.807) is 24.3 Å². The lowest BCUT2D eigenvalue weighted by Gasteiger charge is -2.09. The molecule has 0 aromatic heterocycles. The molecule has 2 aromatic carbocycles. The molecule has 3 rings (SSSR count). The molecule has 0 bridgehead atoms. The van der Waals surface area contributed by atoms with E-state index in [9.17, 15) is 4.79 Å². The van der Waals surface area contributed by atoms with Crippen LogP contribution in [0.3, 0.4) is 0 Å². The van der Waals surface area contributed by atoms with E-state index in [1.807, 2.05) is 24.3 Å². The van der Waals surface area contributed by atoms with Gasteiger partial charge < -0.3 is 10.2 Å². The number of carbonyl (C=O) groups excluding carboxylic acids is 1. The predicted molar refractivity (Wildman–Crippen MR) is 90.3 cm³/mol. The molecule has 112 valence electrons. The van der Waals surface area contributed by atoms with Gasteiger partial charge in [0.05, 0.1) is 5.71 Å². The Balaban J connectivity index is 1.65. The SMILES string of the molecule is O=C(Nc1cccc(Cl)c1)C1CC(c2cccc(Br)c2)=NO1. The van der Waals surface area contributed by atoms with Gasteiger partial charge >= 0.3 is 0 Å². The summed E-state index contributed by atoms with van der Waals surface area (Å²) in [6, 6.07) is 14.7. The van der Waals surface area contributed by atoms with Crippen LogP contribution in [0.4, 0.5) is 5.69 Å².